The molecule has 18 heteroatoms. The third-order valence-corrected chi connectivity index (χ3v) is 8.56. The van der Waals surface area contributed by atoms with Crippen molar-refractivity contribution in [2.45, 2.75) is 35.9 Å². The summed E-state index contributed by atoms with van der Waals surface area (Å²) in [6, 6.07) is 5.08. The Morgan fingerprint density at radius 3 is 1.45 bits per heavy atom. The zero-order chi connectivity index (χ0) is 25.4. The number of alkyl halides is 12. The molecule has 2 heterocycles. The maximum atomic E-state index is 13.9. The van der Waals surface area contributed by atoms with Crippen LogP contribution in [0.5, 0.6) is 5.75 Å². The van der Waals surface area contributed by atoms with Crippen LogP contribution < -0.4 is 4.52 Å². The number of halogens is 12. The second kappa shape index (κ2) is 6.99. The molecule has 0 bridgehead atoms. The van der Waals surface area contributed by atoms with Gasteiger partial charge in [0.15, 0.2) is 0 Å². The molecule has 2 aliphatic heterocycles. The predicted octanol–water partition coefficient (Wildman–Crippen LogP) is 5.93. The Balaban J connectivity index is 2.50. The molecule has 0 amide bonds. The second-order valence-corrected chi connectivity index (χ2v) is 9.97. The standard InChI is InChI=1S/C15H12F12NO4P/c1-28-7-8-29-33(28,30-9-5-3-2-4-6-9)31-10(12(16,17)18,13(19,20)21)11(32-33,14(22,23)24)15(25,26)27/h2-6H,7-8H2,1H3. The number of nitrogens with zero attached hydrogens (tertiary/aromatic N) is 1. The Morgan fingerprint density at radius 2 is 1.15 bits per heavy atom. The maximum absolute atomic E-state index is 13.9. The van der Waals surface area contributed by atoms with Crippen molar-refractivity contribution in [1.82, 2.24) is 4.67 Å². The molecule has 0 saturated carbocycles. The summed E-state index contributed by atoms with van der Waals surface area (Å²) in [5.74, 6) is -0.776. The van der Waals surface area contributed by atoms with Crippen LogP contribution in [0.3, 0.4) is 0 Å². The number of likely N-dealkylation sites (N-methyl/N-ethyl adjacent to an activating group) is 1. The number of hydrogen-bond acceptors (Lipinski definition) is 5. The van der Waals surface area contributed by atoms with Crippen LogP contribution in [0, 0.1) is 0 Å². The van der Waals surface area contributed by atoms with Gasteiger partial charge in [0.2, 0.25) is 0 Å². The summed E-state index contributed by atoms with van der Waals surface area (Å²) in [6.45, 7) is -1.76. The monoisotopic (exact) mass is 529 g/mol. The Labute approximate surface area is 176 Å². The van der Waals surface area contributed by atoms with E-state index in [-0.39, 0.29) is 4.67 Å². The summed E-state index contributed by atoms with van der Waals surface area (Å²) >= 11 is 0. The summed E-state index contributed by atoms with van der Waals surface area (Å²) in [5, 5.41) is 0. The van der Waals surface area contributed by atoms with E-state index in [0.717, 1.165) is 24.3 Å². The quantitative estimate of drug-likeness (QED) is 0.351. The number of rotatable bonds is 2. The summed E-state index contributed by atoms with van der Waals surface area (Å²) < 4.78 is 184. The summed E-state index contributed by atoms with van der Waals surface area (Å²) in [7, 11) is -6.59. The van der Waals surface area contributed by atoms with Crippen molar-refractivity contribution >= 4 is 7.66 Å². The zero-order valence-electron chi connectivity index (χ0n) is 15.9. The molecule has 33 heavy (non-hydrogen) atoms. The van der Waals surface area contributed by atoms with Crippen LogP contribution in [0.15, 0.2) is 30.3 Å². The fraction of sp³-hybridized carbons (Fsp3) is 0.600. The second-order valence-electron chi connectivity index (χ2n) is 6.93. The Hall–Kier alpha value is -1.55. The van der Waals surface area contributed by atoms with Crippen LogP contribution in [0.1, 0.15) is 0 Å². The van der Waals surface area contributed by atoms with Gasteiger partial charge in [-0.05, 0) is 0 Å². The van der Waals surface area contributed by atoms with Gasteiger partial charge in [-0.15, -0.1) is 0 Å². The van der Waals surface area contributed by atoms with Crippen LogP contribution in [0.25, 0.3) is 0 Å². The van der Waals surface area contributed by atoms with E-state index in [1.807, 2.05) is 0 Å². The van der Waals surface area contributed by atoms with Crippen LogP contribution in [0.4, 0.5) is 52.7 Å². The van der Waals surface area contributed by atoms with Crippen molar-refractivity contribution in [1.29, 1.82) is 0 Å². The first kappa shape index (κ1) is 26.1. The molecule has 0 aromatic heterocycles. The summed E-state index contributed by atoms with van der Waals surface area (Å²) in [6.07, 6.45) is -29.5. The third kappa shape index (κ3) is 3.22. The fourth-order valence-electron chi connectivity index (χ4n) is 3.50. The average Bonchev–Trinajstić information content (AvgIpc) is 3.10. The van der Waals surface area contributed by atoms with Gasteiger partial charge in [-0.1, -0.05) is 0 Å². The first-order valence-electron chi connectivity index (χ1n) is 8.52. The van der Waals surface area contributed by atoms with Crippen LogP contribution in [0.2, 0.25) is 0 Å². The van der Waals surface area contributed by atoms with Gasteiger partial charge < -0.3 is 0 Å². The van der Waals surface area contributed by atoms with E-state index >= 15 is 0 Å². The molecular formula is C15H12F12NO4P. The molecule has 2 aliphatic rings. The minimum atomic E-state index is -7.37. The molecule has 5 nitrogen and oxygen atoms in total. The SMILES string of the molecule is CN1CCOP12(Oc1ccccc1)OC(C(F)(F)F)(C(F)(F)F)C(C(F)(F)F)(C(F)(F)F)O2. The molecule has 1 spiro atoms. The van der Waals surface area contributed by atoms with E-state index in [2.05, 4.69) is 13.6 Å². The van der Waals surface area contributed by atoms with Gasteiger partial charge in [0.05, 0.1) is 0 Å². The fourth-order valence-corrected chi connectivity index (χ4v) is 7.24. The van der Waals surface area contributed by atoms with Crippen molar-refractivity contribution in [3.8, 4) is 5.75 Å². The van der Waals surface area contributed by atoms with Gasteiger partial charge >= 0.3 is 175 Å². The molecule has 2 fully saturated rings. The zero-order valence-corrected chi connectivity index (χ0v) is 16.8. The van der Waals surface area contributed by atoms with Crippen molar-refractivity contribution in [2.75, 3.05) is 20.2 Å². The Morgan fingerprint density at radius 1 is 0.758 bits per heavy atom. The molecule has 0 aliphatic carbocycles. The Kier molecular flexibility index (Phi) is 5.52. The van der Waals surface area contributed by atoms with Crippen LogP contribution in [-0.4, -0.2) is 60.8 Å². The minimum absolute atomic E-state index is 0.0874. The summed E-state index contributed by atoms with van der Waals surface area (Å²) in [5.41, 5.74) is -14.0. The van der Waals surface area contributed by atoms with E-state index in [1.54, 1.807) is 0 Å². The molecule has 0 atom stereocenters. The molecule has 3 rings (SSSR count). The first-order chi connectivity index (χ1) is 14.7. The van der Waals surface area contributed by atoms with E-state index in [4.69, 9.17) is 4.52 Å². The topological polar surface area (TPSA) is 40.2 Å². The molecule has 190 valence electrons. The average molecular weight is 529 g/mol. The van der Waals surface area contributed by atoms with Crippen molar-refractivity contribution < 1.29 is 70.8 Å². The normalized spacial score (nSPS) is 26.2. The van der Waals surface area contributed by atoms with E-state index in [0.29, 0.717) is 7.05 Å². The molecule has 0 N–H and O–H groups in total. The van der Waals surface area contributed by atoms with Gasteiger partial charge in [-0.3, -0.25) is 0 Å². The molecule has 1 aromatic rings. The molecule has 2 saturated heterocycles. The number of para-hydroxylation sites is 1. The van der Waals surface area contributed by atoms with Gasteiger partial charge in [0, 0.05) is 0 Å². The van der Waals surface area contributed by atoms with Crippen molar-refractivity contribution in [3.05, 3.63) is 30.3 Å². The molecular weight excluding hydrogens is 517 g/mol. The Bertz CT molecular complexity index is 829. The van der Waals surface area contributed by atoms with Crippen LogP contribution >= 0.6 is 7.66 Å². The van der Waals surface area contributed by atoms with E-state index < -0.39 is 62.5 Å². The number of hydrogen-bond donors (Lipinski definition) is 0. The first-order valence-corrected chi connectivity index (χ1v) is 10.4. The van der Waals surface area contributed by atoms with Crippen LogP contribution in [-0.2, 0) is 13.6 Å². The number of benzene rings is 1. The summed E-state index contributed by atoms with van der Waals surface area (Å²) in [4.78, 5) is 0. The van der Waals surface area contributed by atoms with Gasteiger partial charge in [-0.2, -0.15) is 0 Å². The molecule has 0 unspecified atom stereocenters. The molecule has 0 radical (unpaired) electrons. The predicted molar refractivity (Wildman–Crippen MR) is 84.4 cm³/mol. The van der Waals surface area contributed by atoms with E-state index in [9.17, 15) is 52.7 Å². The van der Waals surface area contributed by atoms with Crippen molar-refractivity contribution in [2.24, 2.45) is 0 Å². The molecule has 1 aromatic carbocycles. The van der Waals surface area contributed by atoms with Gasteiger partial charge in [0.25, 0.3) is 0 Å². The van der Waals surface area contributed by atoms with E-state index in [1.165, 1.54) is 6.07 Å². The van der Waals surface area contributed by atoms with Gasteiger partial charge in [0.1, 0.15) is 0 Å². The van der Waals surface area contributed by atoms with Crippen molar-refractivity contribution in [3.63, 3.8) is 0 Å². The van der Waals surface area contributed by atoms with Gasteiger partial charge in [-0.25, -0.2) is 0 Å². The third-order valence-electron chi connectivity index (χ3n) is 4.95.